The van der Waals surface area contributed by atoms with Crippen LogP contribution >= 0.6 is 11.3 Å². The molecule has 2 aromatic carbocycles. The van der Waals surface area contributed by atoms with Gasteiger partial charge >= 0.3 is 0 Å². The van der Waals surface area contributed by atoms with Crippen molar-refractivity contribution in [2.45, 2.75) is 32.6 Å². The summed E-state index contributed by atoms with van der Waals surface area (Å²) in [4.78, 5) is 31.3. The third-order valence-electron chi connectivity index (χ3n) is 5.18. The number of amides is 2. The van der Waals surface area contributed by atoms with Gasteiger partial charge in [0.25, 0.3) is 0 Å². The zero-order valence-corrected chi connectivity index (χ0v) is 17.8. The Morgan fingerprint density at radius 1 is 1.20 bits per heavy atom. The molecule has 3 aromatic rings. The summed E-state index contributed by atoms with van der Waals surface area (Å²) in [5.74, 6) is 1.38. The van der Waals surface area contributed by atoms with Gasteiger partial charge in [0.15, 0.2) is 5.13 Å². The fraction of sp³-hybridized carbons (Fsp3) is 0.348. The van der Waals surface area contributed by atoms with E-state index >= 15 is 0 Å². The highest BCUT2D eigenvalue weighted by molar-refractivity contribution is 7.22. The molecule has 1 N–H and O–H groups in total. The molecule has 1 aliphatic heterocycles. The highest BCUT2D eigenvalue weighted by Crippen LogP contribution is 2.31. The largest absolute Gasteiger partial charge is 0.457 e. The van der Waals surface area contributed by atoms with Crippen LogP contribution in [0.1, 0.15) is 32.6 Å². The Labute approximate surface area is 179 Å². The van der Waals surface area contributed by atoms with E-state index in [1.54, 1.807) is 0 Å². The highest BCUT2D eigenvalue weighted by Gasteiger charge is 2.28. The summed E-state index contributed by atoms with van der Waals surface area (Å²) in [7, 11) is 0. The van der Waals surface area contributed by atoms with E-state index in [-0.39, 0.29) is 17.7 Å². The molecule has 30 heavy (non-hydrogen) atoms. The van der Waals surface area contributed by atoms with Gasteiger partial charge < -0.3 is 15.0 Å². The molecule has 1 atom stereocenters. The number of hydrogen-bond acceptors (Lipinski definition) is 5. The van der Waals surface area contributed by atoms with E-state index in [2.05, 4.69) is 10.3 Å². The van der Waals surface area contributed by atoms with Crippen molar-refractivity contribution in [3.05, 3.63) is 48.5 Å². The number of likely N-dealkylation sites (tertiary alicyclic amines) is 1. The Hall–Kier alpha value is -2.93. The van der Waals surface area contributed by atoms with Crippen LogP contribution in [0.3, 0.4) is 0 Å². The number of carbonyl (C=O) groups excluding carboxylic acids is 2. The Bertz CT molecular complexity index is 1030. The number of piperidine rings is 1. The van der Waals surface area contributed by atoms with Gasteiger partial charge in [0.1, 0.15) is 11.5 Å². The molecule has 4 rings (SSSR count). The normalized spacial score (nSPS) is 16.4. The van der Waals surface area contributed by atoms with Crippen molar-refractivity contribution >= 4 is 38.5 Å². The predicted molar refractivity (Wildman–Crippen MR) is 119 cm³/mol. The average molecular weight is 424 g/mol. The van der Waals surface area contributed by atoms with Crippen LogP contribution in [-0.2, 0) is 9.59 Å². The Morgan fingerprint density at radius 3 is 2.83 bits per heavy atom. The molecule has 0 aliphatic carbocycles. The molecule has 1 aromatic heterocycles. The molecular weight excluding hydrogens is 398 g/mol. The number of nitrogens with one attached hydrogen (secondary N) is 1. The van der Waals surface area contributed by atoms with Gasteiger partial charge in [-0.1, -0.05) is 36.5 Å². The van der Waals surface area contributed by atoms with Gasteiger partial charge in [-0.15, -0.1) is 0 Å². The number of anilines is 1. The van der Waals surface area contributed by atoms with Crippen molar-refractivity contribution < 1.29 is 14.3 Å². The van der Waals surface area contributed by atoms with Crippen LogP contribution in [0.25, 0.3) is 10.2 Å². The summed E-state index contributed by atoms with van der Waals surface area (Å²) in [6.07, 6.45) is 3.02. The molecule has 0 saturated carbocycles. The summed E-state index contributed by atoms with van der Waals surface area (Å²) in [6, 6.07) is 15.3. The van der Waals surface area contributed by atoms with Crippen LogP contribution in [-0.4, -0.2) is 34.8 Å². The molecule has 2 amide bonds. The first-order valence-corrected chi connectivity index (χ1v) is 11.2. The van der Waals surface area contributed by atoms with Crippen molar-refractivity contribution in [1.29, 1.82) is 0 Å². The van der Waals surface area contributed by atoms with Crippen molar-refractivity contribution in [3.63, 3.8) is 0 Å². The first-order valence-electron chi connectivity index (χ1n) is 10.3. The predicted octanol–water partition coefficient (Wildman–Crippen LogP) is 5.07. The quantitative estimate of drug-likeness (QED) is 0.601. The molecule has 0 spiro atoms. The lowest BCUT2D eigenvalue weighted by Crippen LogP contribution is -2.43. The number of fused-ring (bicyclic) bond motifs is 1. The number of thiazole rings is 1. The van der Waals surface area contributed by atoms with Crippen molar-refractivity contribution in [2.75, 3.05) is 18.4 Å². The summed E-state index contributed by atoms with van der Waals surface area (Å²) < 4.78 is 6.83. The van der Waals surface area contributed by atoms with Crippen LogP contribution in [0.2, 0.25) is 0 Å². The number of ether oxygens (including phenoxy) is 1. The first-order chi connectivity index (χ1) is 14.6. The first kappa shape index (κ1) is 20.3. The molecule has 7 heteroatoms. The van der Waals surface area contributed by atoms with E-state index in [0.29, 0.717) is 18.1 Å². The fourth-order valence-corrected chi connectivity index (χ4v) is 4.54. The molecule has 0 radical (unpaired) electrons. The Morgan fingerprint density at radius 2 is 2.03 bits per heavy atom. The summed E-state index contributed by atoms with van der Waals surface area (Å²) in [6.45, 7) is 3.23. The maximum atomic E-state index is 12.8. The zero-order chi connectivity index (χ0) is 20.9. The van der Waals surface area contributed by atoms with Gasteiger partial charge in [-0.25, -0.2) is 4.98 Å². The van der Waals surface area contributed by atoms with Crippen molar-refractivity contribution in [2.24, 2.45) is 5.92 Å². The second-order valence-electron chi connectivity index (χ2n) is 7.48. The highest BCUT2D eigenvalue weighted by atomic mass is 32.1. The van der Waals surface area contributed by atoms with Gasteiger partial charge in [0, 0.05) is 25.6 Å². The maximum Gasteiger partial charge on any atom is 0.231 e. The van der Waals surface area contributed by atoms with Crippen molar-refractivity contribution in [3.8, 4) is 11.5 Å². The minimum Gasteiger partial charge on any atom is -0.457 e. The minimum absolute atomic E-state index is 0.0659. The molecule has 156 valence electrons. The number of rotatable bonds is 6. The third-order valence-corrected chi connectivity index (χ3v) is 6.11. The van der Waals surface area contributed by atoms with Crippen LogP contribution in [0, 0.1) is 5.92 Å². The number of aromatic nitrogens is 1. The summed E-state index contributed by atoms with van der Waals surface area (Å²) in [5.41, 5.74) is 0.819. The third kappa shape index (κ3) is 4.79. The number of carbonyl (C=O) groups is 2. The van der Waals surface area contributed by atoms with E-state index in [9.17, 15) is 9.59 Å². The molecule has 2 heterocycles. The number of para-hydroxylation sites is 1. The Kier molecular flexibility index (Phi) is 6.28. The average Bonchev–Trinajstić information content (AvgIpc) is 3.16. The summed E-state index contributed by atoms with van der Waals surface area (Å²) in [5, 5.41) is 3.52. The van der Waals surface area contributed by atoms with E-state index < -0.39 is 0 Å². The van der Waals surface area contributed by atoms with Gasteiger partial charge in [-0.05, 0) is 43.5 Å². The second kappa shape index (κ2) is 9.26. The second-order valence-corrected chi connectivity index (χ2v) is 8.51. The number of benzene rings is 2. The van der Waals surface area contributed by atoms with E-state index in [1.165, 1.54) is 11.3 Å². The fourth-order valence-electron chi connectivity index (χ4n) is 3.64. The van der Waals surface area contributed by atoms with Crippen LogP contribution in [0.5, 0.6) is 11.5 Å². The van der Waals surface area contributed by atoms with Crippen LogP contribution < -0.4 is 10.1 Å². The monoisotopic (exact) mass is 423 g/mol. The van der Waals surface area contributed by atoms with E-state index in [4.69, 9.17) is 4.74 Å². The van der Waals surface area contributed by atoms with E-state index in [1.807, 2.05) is 60.4 Å². The smallest absolute Gasteiger partial charge is 0.231 e. The topological polar surface area (TPSA) is 71.5 Å². The van der Waals surface area contributed by atoms with Crippen LogP contribution in [0.4, 0.5) is 5.13 Å². The SMILES string of the molecule is CCCC(=O)N1CCCC(C(=O)Nc2nc3ccc(Oc4ccccc4)cc3s2)C1. The van der Waals surface area contributed by atoms with Gasteiger partial charge in [0.2, 0.25) is 11.8 Å². The summed E-state index contributed by atoms with van der Waals surface area (Å²) >= 11 is 1.43. The van der Waals surface area contributed by atoms with Gasteiger partial charge in [0.05, 0.1) is 16.1 Å². The molecule has 1 aliphatic rings. The lowest BCUT2D eigenvalue weighted by molar-refractivity contribution is -0.134. The molecule has 1 saturated heterocycles. The minimum atomic E-state index is -0.191. The maximum absolute atomic E-state index is 12.8. The molecule has 1 unspecified atom stereocenters. The lowest BCUT2D eigenvalue weighted by atomic mass is 9.97. The lowest BCUT2D eigenvalue weighted by Gasteiger charge is -2.31. The van der Waals surface area contributed by atoms with Gasteiger partial charge in [-0.2, -0.15) is 0 Å². The van der Waals surface area contributed by atoms with Gasteiger partial charge in [-0.3, -0.25) is 9.59 Å². The van der Waals surface area contributed by atoms with Crippen molar-refractivity contribution in [1.82, 2.24) is 9.88 Å². The molecular formula is C23H25N3O3S. The van der Waals surface area contributed by atoms with E-state index in [0.717, 1.165) is 47.5 Å². The molecule has 1 fully saturated rings. The van der Waals surface area contributed by atoms with Crippen LogP contribution in [0.15, 0.2) is 48.5 Å². The zero-order valence-electron chi connectivity index (χ0n) is 17.0. The standard InChI is InChI=1S/C23H25N3O3S/c1-2-7-21(27)26-13-6-8-16(15-26)22(28)25-23-24-19-12-11-18(14-20(19)30-23)29-17-9-4-3-5-10-17/h3-5,9-12,14,16H,2,6-8,13,15H2,1H3,(H,24,25,28). The number of hydrogen-bond donors (Lipinski definition) is 1. The number of nitrogens with zero attached hydrogens (tertiary/aromatic N) is 2. The Balaban J connectivity index is 1.42. The molecule has 6 nitrogen and oxygen atoms in total. The molecule has 0 bridgehead atoms.